The molecule has 50 heavy (non-hydrogen) atoms. The first kappa shape index (κ1) is 38.0. The van der Waals surface area contributed by atoms with Gasteiger partial charge < -0.3 is 33.2 Å². The lowest BCUT2D eigenvalue weighted by Crippen LogP contribution is -2.67. The summed E-state index contributed by atoms with van der Waals surface area (Å²) in [7, 11) is 0.679. The van der Waals surface area contributed by atoms with Crippen LogP contribution >= 0.6 is 0 Å². The molecule has 2 saturated heterocycles. The number of aliphatic hydroxyl groups excluding tert-OH is 1. The number of aliphatic hydroxyl groups is 1. The minimum Gasteiger partial charge on any atom is -0.497 e. The fraction of sp³-hybridized carbons (Fsp3) is 0.476. The molecule has 0 bridgehead atoms. The van der Waals surface area contributed by atoms with Crippen LogP contribution in [0.1, 0.15) is 58.9 Å². The summed E-state index contributed by atoms with van der Waals surface area (Å²) in [6.45, 7) is 10.2. The maximum atomic E-state index is 10.3. The second kappa shape index (κ2) is 17.3. The van der Waals surface area contributed by atoms with Crippen molar-refractivity contribution < 1.29 is 33.2 Å². The number of methoxy groups -OCH3 is 2. The molecule has 2 aliphatic heterocycles. The molecule has 0 aliphatic carbocycles. The summed E-state index contributed by atoms with van der Waals surface area (Å²) < 4.78 is 37.4. The lowest BCUT2D eigenvalue weighted by atomic mass is 9.86. The Hall–Kier alpha value is -3.26. The Morgan fingerprint density at radius 1 is 0.920 bits per heavy atom. The van der Waals surface area contributed by atoms with Crippen LogP contribution < -0.4 is 15.1 Å². The van der Waals surface area contributed by atoms with E-state index in [1.807, 2.05) is 30.3 Å². The van der Waals surface area contributed by atoms with Crippen LogP contribution in [-0.2, 0) is 30.0 Å². The van der Waals surface area contributed by atoms with Crippen molar-refractivity contribution in [2.45, 2.75) is 95.2 Å². The van der Waals surface area contributed by atoms with Gasteiger partial charge >= 0.3 is 0 Å². The van der Waals surface area contributed by atoms with Crippen molar-refractivity contribution >= 4 is 18.7 Å². The van der Waals surface area contributed by atoms with Crippen molar-refractivity contribution in [3.05, 3.63) is 103 Å². The average molecular weight is 699 g/mol. The molecule has 7 nitrogen and oxygen atoms in total. The second-order valence-electron chi connectivity index (χ2n) is 14.4. The molecule has 0 radical (unpaired) electrons. The molecule has 3 aromatic rings. The van der Waals surface area contributed by atoms with Gasteiger partial charge in [0.2, 0.25) is 0 Å². The summed E-state index contributed by atoms with van der Waals surface area (Å²) in [5, 5.41) is 12.7. The Morgan fingerprint density at radius 3 is 2.18 bits per heavy atom. The summed E-state index contributed by atoms with van der Waals surface area (Å²) in [6, 6.07) is 29.1. The fourth-order valence-electron chi connectivity index (χ4n) is 7.27. The van der Waals surface area contributed by atoms with Crippen molar-refractivity contribution in [3.63, 3.8) is 0 Å². The van der Waals surface area contributed by atoms with Crippen molar-refractivity contribution in [1.82, 2.24) is 0 Å². The predicted octanol–water partition coefficient (Wildman–Crippen LogP) is 6.41. The van der Waals surface area contributed by atoms with Crippen LogP contribution in [0.4, 0.5) is 0 Å². The molecule has 268 valence electrons. The van der Waals surface area contributed by atoms with Gasteiger partial charge in [0.25, 0.3) is 8.32 Å². The number of allylic oxidation sites excluding steroid dienone is 1. The first-order valence-electron chi connectivity index (χ1n) is 17.7. The third kappa shape index (κ3) is 8.96. The lowest BCUT2D eigenvalue weighted by molar-refractivity contribution is -0.301. The van der Waals surface area contributed by atoms with Gasteiger partial charge in [-0.15, -0.1) is 0 Å². The molecular weight excluding hydrogens is 645 g/mol. The Labute approximate surface area is 300 Å². The van der Waals surface area contributed by atoms with Crippen LogP contribution in [0.5, 0.6) is 5.75 Å². The minimum atomic E-state index is -2.67. The van der Waals surface area contributed by atoms with E-state index in [0.717, 1.165) is 24.2 Å². The third-order valence-corrected chi connectivity index (χ3v) is 15.0. The highest BCUT2D eigenvalue weighted by Crippen LogP contribution is 2.44. The molecule has 3 aromatic carbocycles. The van der Waals surface area contributed by atoms with Crippen LogP contribution in [0.3, 0.4) is 0 Å². The molecule has 2 heterocycles. The molecule has 0 spiro atoms. The minimum absolute atomic E-state index is 0.00894. The number of rotatable bonds is 14. The molecule has 2 fully saturated rings. The number of fused-ring (bicyclic) bond motifs is 1. The zero-order valence-electron chi connectivity index (χ0n) is 30.5. The molecular formula is C42H54O7Si. The highest BCUT2D eigenvalue weighted by Gasteiger charge is 2.53. The van der Waals surface area contributed by atoms with E-state index in [-0.39, 0.29) is 35.9 Å². The smallest absolute Gasteiger partial charge is 0.261 e. The number of hydrogen-bond donors (Lipinski definition) is 1. The van der Waals surface area contributed by atoms with Crippen molar-refractivity contribution in [2.75, 3.05) is 27.4 Å². The van der Waals surface area contributed by atoms with Crippen LogP contribution in [0.25, 0.3) is 0 Å². The SMILES string of the molecule is COc1ccc(COC[C@@H](O)/C=C\CC#CC[C@]2(OC)OC3C[C@@H](CO[Si](c4ccccc4)(c4ccccc4)C(C)(C)C)OC3C[C@H]2C)cc1. The molecule has 6 atom stereocenters. The largest absolute Gasteiger partial charge is 0.497 e. The van der Waals surface area contributed by atoms with E-state index in [4.69, 9.17) is 28.1 Å². The van der Waals surface area contributed by atoms with Crippen molar-refractivity contribution in [3.8, 4) is 17.6 Å². The van der Waals surface area contributed by atoms with Gasteiger partial charge in [0.05, 0.1) is 57.8 Å². The van der Waals surface area contributed by atoms with E-state index in [1.54, 1.807) is 20.3 Å². The Morgan fingerprint density at radius 2 is 1.58 bits per heavy atom. The summed E-state index contributed by atoms with van der Waals surface area (Å²) in [5.41, 5.74) is 1.02. The fourth-order valence-corrected chi connectivity index (χ4v) is 11.9. The van der Waals surface area contributed by atoms with Crippen LogP contribution in [0.2, 0.25) is 5.04 Å². The van der Waals surface area contributed by atoms with Gasteiger partial charge in [-0.05, 0) is 39.5 Å². The maximum absolute atomic E-state index is 10.3. The summed E-state index contributed by atoms with van der Waals surface area (Å²) in [6.07, 6.45) is 5.27. The predicted molar refractivity (Wildman–Crippen MR) is 200 cm³/mol. The highest BCUT2D eigenvalue weighted by atomic mass is 28.4. The van der Waals surface area contributed by atoms with E-state index < -0.39 is 20.2 Å². The Kier molecular flexibility index (Phi) is 13.1. The summed E-state index contributed by atoms with van der Waals surface area (Å²) in [4.78, 5) is 0. The third-order valence-electron chi connectivity index (χ3n) is 9.97. The molecule has 0 aromatic heterocycles. The first-order valence-corrected chi connectivity index (χ1v) is 19.7. The Balaban J connectivity index is 1.14. The topological polar surface area (TPSA) is 75.6 Å². The molecule has 2 aliphatic rings. The molecule has 1 N–H and O–H groups in total. The van der Waals surface area contributed by atoms with Gasteiger partial charge in [-0.2, -0.15) is 0 Å². The number of ether oxygens (including phenoxy) is 5. The maximum Gasteiger partial charge on any atom is 0.261 e. The molecule has 0 saturated carbocycles. The highest BCUT2D eigenvalue weighted by molar-refractivity contribution is 6.99. The van der Waals surface area contributed by atoms with E-state index in [2.05, 4.69) is 100 Å². The quantitative estimate of drug-likeness (QED) is 0.119. The molecule has 5 rings (SSSR count). The summed E-state index contributed by atoms with van der Waals surface area (Å²) in [5.74, 6) is 6.58. The van der Waals surface area contributed by atoms with E-state index in [1.165, 1.54) is 10.4 Å². The standard InChI is InChI=1S/C42H54O7Si/c1-32-27-39-40(28-36(48-39)31-47-50(41(2,3)4,37-18-12-9-13-19-37)38-20-14-10-15-21-38)49-42(32,45-6)26-16-8-7-11-17-34(43)30-46-29-33-22-24-35(44-5)25-23-33/h9-15,17-25,32,34,36,39-40,43H,7,26-31H2,1-6H3/b17-11-/t32-,34+,36+,39?,40?,42+/m1/s1. The average Bonchev–Trinajstić information content (AvgIpc) is 3.51. The van der Waals surface area contributed by atoms with Crippen LogP contribution in [0.15, 0.2) is 97.1 Å². The second-order valence-corrected chi connectivity index (χ2v) is 18.7. The van der Waals surface area contributed by atoms with Gasteiger partial charge in [-0.25, -0.2) is 0 Å². The van der Waals surface area contributed by atoms with Crippen molar-refractivity contribution in [1.29, 1.82) is 0 Å². The normalized spacial score (nSPS) is 24.4. The molecule has 8 heteroatoms. The van der Waals surface area contributed by atoms with Gasteiger partial charge in [-0.3, -0.25) is 0 Å². The van der Waals surface area contributed by atoms with E-state index in [0.29, 0.717) is 26.1 Å². The van der Waals surface area contributed by atoms with Gasteiger partial charge in [0, 0.05) is 25.9 Å². The van der Waals surface area contributed by atoms with Gasteiger partial charge in [0.1, 0.15) is 5.75 Å². The van der Waals surface area contributed by atoms with E-state index >= 15 is 0 Å². The van der Waals surface area contributed by atoms with Crippen LogP contribution in [0, 0.1) is 17.8 Å². The van der Waals surface area contributed by atoms with Gasteiger partial charge in [0.15, 0.2) is 5.79 Å². The number of hydrogen-bond acceptors (Lipinski definition) is 7. The lowest BCUT2D eigenvalue weighted by Gasteiger charge is -2.44. The Bertz CT molecular complexity index is 1520. The van der Waals surface area contributed by atoms with Crippen LogP contribution in [-0.4, -0.2) is 71.1 Å². The molecule has 0 amide bonds. The van der Waals surface area contributed by atoms with E-state index in [9.17, 15) is 5.11 Å². The summed E-state index contributed by atoms with van der Waals surface area (Å²) >= 11 is 0. The first-order chi connectivity index (χ1) is 24.1. The van der Waals surface area contributed by atoms with Gasteiger partial charge in [-0.1, -0.05) is 124 Å². The van der Waals surface area contributed by atoms with Crippen molar-refractivity contribution in [2.24, 2.45) is 5.92 Å². The number of benzene rings is 3. The monoisotopic (exact) mass is 698 g/mol. The molecule has 2 unspecified atom stereocenters. The zero-order valence-corrected chi connectivity index (χ0v) is 31.5. The zero-order chi connectivity index (χ0) is 35.6.